The number of fused-ring (bicyclic) bond motifs is 1. The lowest BCUT2D eigenvalue weighted by molar-refractivity contribution is -0.121. The zero-order chi connectivity index (χ0) is 16.2. The summed E-state index contributed by atoms with van der Waals surface area (Å²) in [7, 11) is 0. The van der Waals surface area contributed by atoms with E-state index in [9.17, 15) is 9.90 Å². The van der Waals surface area contributed by atoms with Gasteiger partial charge in [-0.15, -0.1) is 0 Å². The van der Waals surface area contributed by atoms with Crippen LogP contribution in [0.2, 0.25) is 0 Å². The standard InChI is InChI=1S/C17H16N4O2/c1-12-8-9-21(20-12)11-17(23)19-18-10-15-14-5-3-2-4-13(14)6-7-16(15)22/h2-10,22H,11H2,1H3,(H,19,23)/b18-10+. The highest BCUT2D eigenvalue weighted by Gasteiger charge is 2.05. The SMILES string of the molecule is Cc1ccn(CC(=O)N/N=C/c2c(O)ccc3ccccc23)n1. The number of phenolic OH excluding ortho intramolecular Hbond substituents is 1. The molecule has 3 rings (SSSR count). The van der Waals surface area contributed by atoms with Crippen molar-refractivity contribution in [3.63, 3.8) is 0 Å². The Labute approximate surface area is 133 Å². The van der Waals surface area contributed by atoms with E-state index in [1.807, 2.05) is 43.3 Å². The summed E-state index contributed by atoms with van der Waals surface area (Å²) in [5.74, 6) is -0.173. The number of rotatable bonds is 4. The van der Waals surface area contributed by atoms with E-state index in [0.29, 0.717) is 5.56 Å². The van der Waals surface area contributed by atoms with Crippen molar-refractivity contribution in [1.82, 2.24) is 15.2 Å². The van der Waals surface area contributed by atoms with E-state index in [4.69, 9.17) is 0 Å². The van der Waals surface area contributed by atoms with Crippen LogP contribution >= 0.6 is 0 Å². The molecule has 0 aliphatic carbocycles. The molecule has 3 aromatic rings. The van der Waals surface area contributed by atoms with E-state index >= 15 is 0 Å². The zero-order valence-corrected chi connectivity index (χ0v) is 12.6. The van der Waals surface area contributed by atoms with Crippen LogP contribution in [0.1, 0.15) is 11.3 Å². The molecule has 0 bridgehead atoms. The van der Waals surface area contributed by atoms with Gasteiger partial charge in [-0.3, -0.25) is 9.48 Å². The minimum atomic E-state index is -0.288. The summed E-state index contributed by atoms with van der Waals surface area (Å²) in [5.41, 5.74) is 3.86. The van der Waals surface area contributed by atoms with E-state index in [-0.39, 0.29) is 18.2 Å². The van der Waals surface area contributed by atoms with Crippen molar-refractivity contribution in [2.45, 2.75) is 13.5 Å². The predicted molar refractivity (Wildman–Crippen MR) is 88.3 cm³/mol. The number of hydrazone groups is 1. The molecule has 23 heavy (non-hydrogen) atoms. The summed E-state index contributed by atoms with van der Waals surface area (Å²) < 4.78 is 1.54. The van der Waals surface area contributed by atoms with Gasteiger partial charge in [0.2, 0.25) is 0 Å². The van der Waals surface area contributed by atoms with Crippen LogP contribution in [0.5, 0.6) is 5.75 Å². The van der Waals surface area contributed by atoms with Crippen LogP contribution in [-0.2, 0) is 11.3 Å². The van der Waals surface area contributed by atoms with Crippen LogP contribution in [0.25, 0.3) is 10.8 Å². The van der Waals surface area contributed by atoms with Gasteiger partial charge in [0.05, 0.1) is 11.9 Å². The number of carbonyl (C=O) groups excluding carboxylic acids is 1. The molecule has 0 aliphatic rings. The Morgan fingerprint density at radius 1 is 1.30 bits per heavy atom. The predicted octanol–water partition coefficient (Wildman–Crippen LogP) is 2.20. The fourth-order valence-corrected chi connectivity index (χ4v) is 2.32. The quantitative estimate of drug-likeness (QED) is 0.573. The summed E-state index contributed by atoms with van der Waals surface area (Å²) in [6.45, 7) is 1.95. The minimum absolute atomic E-state index is 0.0900. The van der Waals surface area contributed by atoms with E-state index in [1.54, 1.807) is 12.3 Å². The Balaban J connectivity index is 1.73. The Morgan fingerprint density at radius 2 is 2.13 bits per heavy atom. The van der Waals surface area contributed by atoms with Crippen LogP contribution < -0.4 is 5.43 Å². The van der Waals surface area contributed by atoms with Crippen molar-refractivity contribution in [2.24, 2.45) is 5.10 Å². The number of aromatic nitrogens is 2. The molecule has 0 saturated carbocycles. The van der Waals surface area contributed by atoms with Crippen LogP contribution in [0.15, 0.2) is 53.8 Å². The Bertz CT molecular complexity index is 883. The molecule has 0 unspecified atom stereocenters. The largest absolute Gasteiger partial charge is 0.507 e. The number of hydrogen-bond acceptors (Lipinski definition) is 4. The van der Waals surface area contributed by atoms with Crippen molar-refractivity contribution >= 4 is 22.9 Å². The van der Waals surface area contributed by atoms with Crippen LogP contribution in [0, 0.1) is 6.92 Å². The molecule has 0 saturated heterocycles. The molecule has 6 nitrogen and oxygen atoms in total. The summed E-state index contributed by atoms with van der Waals surface area (Å²) in [6.07, 6.45) is 3.18. The van der Waals surface area contributed by atoms with Gasteiger partial charge in [-0.25, -0.2) is 5.43 Å². The third kappa shape index (κ3) is 3.37. The molecule has 0 radical (unpaired) electrons. The van der Waals surface area contributed by atoms with Gasteiger partial charge in [-0.2, -0.15) is 10.2 Å². The highest BCUT2D eigenvalue weighted by molar-refractivity contribution is 6.02. The third-order valence-electron chi connectivity index (χ3n) is 3.41. The molecule has 1 heterocycles. The Morgan fingerprint density at radius 3 is 2.91 bits per heavy atom. The van der Waals surface area contributed by atoms with Crippen LogP contribution in [0.3, 0.4) is 0 Å². The first kappa shape index (κ1) is 14.8. The van der Waals surface area contributed by atoms with Gasteiger partial charge < -0.3 is 5.11 Å². The van der Waals surface area contributed by atoms with Gasteiger partial charge in [0.15, 0.2) is 0 Å². The van der Waals surface area contributed by atoms with Crippen LogP contribution in [0.4, 0.5) is 0 Å². The molecule has 0 fully saturated rings. The Hall–Kier alpha value is -3.15. The summed E-state index contributed by atoms with van der Waals surface area (Å²) in [6, 6.07) is 12.9. The fourth-order valence-electron chi connectivity index (χ4n) is 2.32. The van der Waals surface area contributed by atoms with E-state index in [0.717, 1.165) is 16.5 Å². The first-order chi connectivity index (χ1) is 11.1. The number of hydrogen-bond donors (Lipinski definition) is 2. The molecule has 0 aliphatic heterocycles. The van der Waals surface area contributed by atoms with Crippen molar-refractivity contribution < 1.29 is 9.90 Å². The molecular weight excluding hydrogens is 292 g/mol. The maximum Gasteiger partial charge on any atom is 0.261 e. The molecule has 0 atom stereocenters. The highest BCUT2D eigenvalue weighted by Crippen LogP contribution is 2.25. The first-order valence-corrected chi connectivity index (χ1v) is 7.16. The molecule has 0 spiro atoms. The van der Waals surface area contributed by atoms with Gasteiger partial charge in [-0.1, -0.05) is 30.3 Å². The number of amides is 1. The van der Waals surface area contributed by atoms with Crippen molar-refractivity contribution in [1.29, 1.82) is 0 Å². The number of phenols is 1. The molecule has 1 amide bonds. The van der Waals surface area contributed by atoms with Gasteiger partial charge in [0, 0.05) is 11.8 Å². The maximum atomic E-state index is 11.8. The fraction of sp³-hybridized carbons (Fsp3) is 0.118. The molecule has 2 N–H and O–H groups in total. The van der Waals surface area contributed by atoms with Crippen molar-refractivity contribution in [3.05, 3.63) is 59.9 Å². The Kier molecular flexibility index (Phi) is 4.05. The third-order valence-corrected chi connectivity index (χ3v) is 3.41. The zero-order valence-electron chi connectivity index (χ0n) is 12.6. The van der Waals surface area contributed by atoms with Gasteiger partial charge >= 0.3 is 0 Å². The number of aromatic hydroxyl groups is 1. The maximum absolute atomic E-state index is 11.8. The smallest absolute Gasteiger partial charge is 0.261 e. The number of aryl methyl sites for hydroxylation is 1. The number of carbonyl (C=O) groups is 1. The second-order valence-electron chi connectivity index (χ2n) is 5.17. The van der Waals surface area contributed by atoms with Crippen molar-refractivity contribution in [2.75, 3.05) is 0 Å². The minimum Gasteiger partial charge on any atom is -0.507 e. The topological polar surface area (TPSA) is 79.5 Å². The van der Waals surface area contributed by atoms with E-state index in [1.165, 1.54) is 10.9 Å². The number of nitrogens with one attached hydrogen (secondary N) is 1. The molecular formula is C17H16N4O2. The van der Waals surface area contributed by atoms with Gasteiger partial charge in [-0.05, 0) is 29.8 Å². The lowest BCUT2D eigenvalue weighted by atomic mass is 10.0. The average molecular weight is 308 g/mol. The summed E-state index contributed by atoms with van der Waals surface area (Å²) >= 11 is 0. The second-order valence-corrected chi connectivity index (χ2v) is 5.17. The van der Waals surface area contributed by atoms with Crippen molar-refractivity contribution in [3.8, 4) is 5.75 Å². The number of nitrogens with zero attached hydrogens (tertiary/aromatic N) is 3. The molecule has 6 heteroatoms. The second kappa shape index (κ2) is 6.31. The normalized spacial score (nSPS) is 11.2. The lowest BCUT2D eigenvalue weighted by Crippen LogP contribution is -2.23. The van der Waals surface area contributed by atoms with Gasteiger partial charge in [0.1, 0.15) is 12.3 Å². The average Bonchev–Trinajstić information content (AvgIpc) is 2.94. The first-order valence-electron chi connectivity index (χ1n) is 7.16. The molecule has 116 valence electrons. The van der Waals surface area contributed by atoms with E-state index < -0.39 is 0 Å². The molecule has 2 aromatic carbocycles. The summed E-state index contributed by atoms with van der Waals surface area (Å²) in [5, 5.41) is 19.9. The lowest BCUT2D eigenvalue weighted by Gasteiger charge is -2.05. The van der Waals surface area contributed by atoms with Gasteiger partial charge in [0.25, 0.3) is 5.91 Å². The monoisotopic (exact) mass is 308 g/mol. The van der Waals surface area contributed by atoms with E-state index in [2.05, 4.69) is 15.6 Å². The summed E-state index contributed by atoms with van der Waals surface area (Å²) in [4.78, 5) is 11.8. The number of benzene rings is 2. The highest BCUT2D eigenvalue weighted by atomic mass is 16.3. The molecule has 1 aromatic heterocycles. The van der Waals surface area contributed by atoms with Crippen LogP contribution in [-0.4, -0.2) is 27.0 Å².